The van der Waals surface area contributed by atoms with E-state index in [9.17, 15) is 0 Å². The van der Waals surface area contributed by atoms with E-state index in [4.69, 9.17) is 0 Å². The minimum Gasteiger partial charge on any atom is -0.0654 e. The molecule has 0 nitrogen and oxygen atoms in total. The summed E-state index contributed by atoms with van der Waals surface area (Å²) in [5, 5.41) is 0. The van der Waals surface area contributed by atoms with Crippen LogP contribution < -0.4 is 0 Å². The van der Waals surface area contributed by atoms with E-state index in [1.807, 2.05) is 0 Å². The molecule has 0 heterocycles. The van der Waals surface area contributed by atoms with Crippen molar-refractivity contribution >= 4 is 0 Å². The molecule has 0 rings (SSSR count). The van der Waals surface area contributed by atoms with Crippen molar-refractivity contribution in [2.75, 3.05) is 0 Å². The van der Waals surface area contributed by atoms with Crippen LogP contribution in [0, 0.1) is 5.92 Å². The third-order valence-corrected chi connectivity index (χ3v) is 14.1. The van der Waals surface area contributed by atoms with Crippen LogP contribution in [-0.4, -0.2) is 0 Å². The molecule has 0 aliphatic carbocycles. The van der Waals surface area contributed by atoms with E-state index >= 15 is 0 Å². The van der Waals surface area contributed by atoms with Crippen LogP contribution in [-0.2, 0) is 0 Å². The van der Waals surface area contributed by atoms with Gasteiger partial charge in [-0.25, -0.2) is 0 Å². The highest BCUT2D eigenvalue weighted by Crippen LogP contribution is 2.25. The number of hydrogen-bond acceptors (Lipinski definition) is 0. The van der Waals surface area contributed by atoms with Gasteiger partial charge in [-0.3, -0.25) is 0 Å². The van der Waals surface area contributed by atoms with Crippen LogP contribution in [0.2, 0.25) is 0 Å². The van der Waals surface area contributed by atoms with Crippen molar-refractivity contribution in [1.29, 1.82) is 0 Å². The Labute approximate surface area is 372 Å². The summed E-state index contributed by atoms with van der Waals surface area (Å²) < 4.78 is 0. The molecule has 0 bridgehead atoms. The van der Waals surface area contributed by atoms with Crippen LogP contribution >= 0.6 is 0 Å². The average Bonchev–Trinajstić information content (AvgIpc) is 3.23. The van der Waals surface area contributed by atoms with Gasteiger partial charge < -0.3 is 0 Å². The molecule has 0 radical (unpaired) electrons. The fraction of sp³-hybridized carbons (Fsp3) is 1.00. The summed E-state index contributed by atoms with van der Waals surface area (Å²) in [4.78, 5) is 0. The predicted octanol–water partition coefficient (Wildman–Crippen LogP) is 22.7. The van der Waals surface area contributed by atoms with Crippen molar-refractivity contribution < 1.29 is 0 Å². The third kappa shape index (κ3) is 52.1. The molecular formula is C58H118. The van der Waals surface area contributed by atoms with E-state index in [2.05, 4.69) is 20.8 Å². The lowest BCUT2D eigenvalue weighted by Crippen LogP contribution is -2.01. The van der Waals surface area contributed by atoms with Crippen LogP contribution in [0.3, 0.4) is 0 Å². The van der Waals surface area contributed by atoms with Crippen molar-refractivity contribution in [2.45, 2.75) is 367 Å². The lowest BCUT2D eigenvalue weighted by molar-refractivity contribution is 0.367. The van der Waals surface area contributed by atoms with E-state index < -0.39 is 0 Å². The van der Waals surface area contributed by atoms with Gasteiger partial charge in [0.15, 0.2) is 0 Å². The first-order valence-corrected chi connectivity index (χ1v) is 28.8. The van der Waals surface area contributed by atoms with Crippen LogP contribution in [0.1, 0.15) is 367 Å². The first-order valence-electron chi connectivity index (χ1n) is 28.8. The van der Waals surface area contributed by atoms with Gasteiger partial charge in [-0.15, -0.1) is 0 Å². The van der Waals surface area contributed by atoms with Crippen LogP contribution in [0.25, 0.3) is 0 Å². The van der Waals surface area contributed by atoms with Gasteiger partial charge in [-0.1, -0.05) is 367 Å². The third-order valence-electron chi connectivity index (χ3n) is 14.1. The fourth-order valence-corrected chi connectivity index (χ4v) is 9.91. The standard InChI is InChI=1S/C58H118/c1-4-7-10-12-14-16-18-20-22-24-26-28-30-32-34-36-38-40-42-44-46-48-50-53-56-58(55-52-9-6-3)57-54-51-49-47-45-43-41-39-37-35-33-31-29-27-25-23-21-19-17-15-13-11-8-5-2/h58H,4-57H2,1-3H3. The largest absolute Gasteiger partial charge is 0.0654 e. The second-order valence-electron chi connectivity index (χ2n) is 20.2. The van der Waals surface area contributed by atoms with Crippen molar-refractivity contribution in [2.24, 2.45) is 5.92 Å². The van der Waals surface area contributed by atoms with Gasteiger partial charge in [0.25, 0.3) is 0 Å². The van der Waals surface area contributed by atoms with Crippen molar-refractivity contribution in [3.8, 4) is 0 Å². The fourth-order valence-electron chi connectivity index (χ4n) is 9.91. The van der Waals surface area contributed by atoms with Gasteiger partial charge >= 0.3 is 0 Å². The molecular weight excluding hydrogens is 697 g/mol. The lowest BCUT2D eigenvalue weighted by atomic mass is 9.89. The SMILES string of the molecule is CCCCCCCCCCCCCCCCCCCCCCCCCCC(CCCCC)CCCCCCCCCCCCCCCCCCCCCCCCCC. The van der Waals surface area contributed by atoms with Crippen molar-refractivity contribution in [1.82, 2.24) is 0 Å². The van der Waals surface area contributed by atoms with Crippen LogP contribution in [0.5, 0.6) is 0 Å². The highest BCUT2D eigenvalue weighted by atomic mass is 14.1. The zero-order chi connectivity index (χ0) is 41.8. The first-order chi connectivity index (χ1) is 28.8. The molecule has 0 unspecified atom stereocenters. The van der Waals surface area contributed by atoms with Gasteiger partial charge in [0, 0.05) is 0 Å². The van der Waals surface area contributed by atoms with Crippen LogP contribution in [0.4, 0.5) is 0 Å². The molecule has 0 aromatic heterocycles. The Morgan fingerprint density at radius 1 is 0.138 bits per heavy atom. The maximum atomic E-state index is 2.37. The second-order valence-corrected chi connectivity index (χ2v) is 20.2. The minimum absolute atomic E-state index is 1.03. The van der Waals surface area contributed by atoms with E-state index in [0.29, 0.717) is 0 Å². The average molecular weight is 816 g/mol. The first kappa shape index (κ1) is 58.0. The number of unbranched alkanes of at least 4 members (excludes halogenated alkanes) is 48. The Morgan fingerprint density at radius 2 is 0.241 bits per heavy atom. The molecule has 0 aromatic rings. The Balaban J connectivity index is 3.44. The van der Waals surface area contributed by atoms with E-state index in [-0.39, 0.29) is 0 Å². The highest BCUT2D eigenvalue weighted by molar-refractivity contribution is 4.62. The second kappa shape index (κ2) is 55.0. The molecule has 0 saturated carbocycles. The molecule has 0 atom stereocenters. The molecule has 0 saturated heterocycles. The number of rotatable bonds is 54. The highest BCUT2D eigenvalue weighted by Gasteiger charge is 2.09. The molecule has 0 fully saturated rings. The zero-order valence-electron chi connectivity index (χ0n) is 41.8. The quantitative estimate of drug-likeness (QED) is 0.0537. The molecule has 0 aliphatic heterocycles. The molecule has 350 valence electrons. The van der Waals surface area contributed by atoms with Crippen LogP contribution in [0.15, 0.2) is 0 Å². The molecule has 0 aliphatic rings. The van der Waals surface area contributed by atoms with Gasteiger partial charge in [-0.2, -0.15) is 0 Å². The molecule has 0 aromatic carbocycles. The normalized spacial score (nSPS) is 11.8. The Kier molecular flexibility index (Phi) is 55.0. The summed E-state index contributed by atoms with van der Waals surface area (Å²) in [6.07, 6.45) is 80.3. The predicted molar refractivity (Wildman–Crippen MR) is 270 cm³/mol. The molecule has 0 N–H and O–H groups in total. The lowest BCUT2D eigenvalue weighted by Gasteiger charge is -2.17. The Morgan fingerprint density at radius 3 is 0.397 bits per heavy atom. The van der Waals surface area contributed by atoms with E-state index in [1.165, 1.54) is 347 Å². The van der Waals surface area contributed by atoms with E-state index in [0.717, 1.165) is 5.92 Å². The summed E-state index contributed by atoms with van der Waals surface area (Å²) in [5.74, 6) is 1.03. The summed E-state index contributed by atoms with van der Waals surface area (Å²) in [7, 11) is 0. The molecule has 0 amide bonds. The Hall–Kier alpha value is 0. The zero-order valence-corrected chi connectivity index (χ0v) is 41.8. The van der Waals surface area contributed by atoms with Gasteiger partial charge in [0.1, 0.15) is 0 Å². The summed E-state index contributed by atoms with van der Waals surface area (Å²) in [5.41, 5.74) is 0. The Bertz CT molecular complexity index is 613. The minimum atomic E-state index is 1.03. The maximum Gasteiger partial charge on any atom is -0.0414 e. The van der Waals surface area contributed by atoms with E-state index in [1.54, 1.807) is 0 Å². The van der Waals surface area contributed by atoms with Crippen molar-refractivity contribution in [3.63, 3.8) is 0 Å². The maximum absolute atomic E-state index is 2.37. The summed E-state index contributed by atoms with van der Waals surface area (Å²) in [6.45, 7) is 7.00. The van der Waals surface area contributed by atoms with Gasteiger partial charge in [0.2, 0.25) is 0 Å². The van der Waals surface area contributed by atoms with Gasteiger partial charge in [0.05, 0.1) is 0 Å². The smallest absolute Gasteiger partial charge is 0.0414 e. The molecule has 0 heteroatoms. The topological polar surface area (TPSA) is 0 Å². The van der Waals surface area contributed by atoms with Gasteiger partial charge in [-0.05, 0) is 5.92 Å². The molecule has 0 spiro atoms. The summed E-state index contributed by atoms with van der Waals surface area (Å²) >= 11 is 0. The molecule has 58 heavy (non-hydrogen) atoms. The monoisotopic (exact) mass is 815 g/mol. The number of hydrogen-bond donors (Lipinski definition) is 0. The van der Waals surface area contributed by atoms with Crippen molar-refractivity contribution in [3.05, 3.63) is 0 Å². The summed E-state index contributed by atoms with van der Waals surface area (Å²) in [6, 6.07) is 0.